The maximum Gasteiger partial charge on any atom is 0.0731 e. The summed E-state index contributed by atoms with van der Waals surface area (Å²) in [6.45, 7) is 2.18. The fraction of sp³-hybridized carbons (Fsp3) is 0.600. The van der Waals surface area contributed by atoms with Crippen LogP contribution in [0, 0.1) is 0 Å². The zero-order valence-corrected chi connectivity index (χ0v) is 12.9. The number of hydrogen-bond acceptors (Lipinski definition) is 3. The predicted molar refractivity (Wildman–Crippen MR) is 82.3 cm³/mol. The van der Waals surface area contributed by atoms with Crippen LogP contribution in [-0.2, 0) is 4.74 Å². The third kappa shape index (κ3) is 2.58. The summed E-state index contributed by atoms with van der Waals surface area (Å²) in [4.78, 5) is 2.45. The number of hydrogen-bond donors (Lipinski definition) is 1. The van der Waals surface area contributed by atoms with Crippen molar-refractivity contribution in [2.75, 3.05) is 19.7 Å². The fourth-order valence-corrected chi connectivity index (χ4v) is 4.24. The van der Waals surface area contributed by atoms with E-state index in [0.717, 1.165) is 25.1 Å². The molecule has 2 N–H and O–H groups in total. The second kappa shape index (κ2) is 6.20. The van der Waals surface area contributed by atoms with Crippen molar-refractivity contribution in [1.29, 1.82) is 0 Å². The molecule has 20 heavy (non-hydrogen) atoms. The largest absolute Gasteiger partial charge is 0.375 e. The van der Waals surface area contributed by atoms with Crippen molar-refractivity contribution < 1.29 is 4.74 Å². The van der Waals surface area contributed by atoms with Gasteiger partial charge in [-0.3, -0.25) is 4.90 Å². The molecular formula is C15H20Cl2N2O. The quantitative estimate of drug-likeness (QED) is 0.930. The first-order valence-corrected chi connectivity index (χ1v) is 7.99. The number of ether oxygens (including phenoxy) is 1. The highest BCUT2D eigenvalue weighted by atomic mass is 35.5. The Morgan fingerprint density at radius 1 is 1.30 bits per heavy atom. The van der Waals surface area contributed by atoms with Crippen molar-refractivity contribution in [2.24, 2.45) is 5.73 Å². The van der Waals surface area contributed by atoms with Crippen molar-refractivity contribution in [3.05, 3.63) is 33.8 Å². The SMILES string of the molecule is NCC(c1c(Cl)cccc1Cl)N1CCOC2CCCC21. The Kier molecular flexibility index (Phi) is 4.53. The number of halogens is 2. The molecule has 0 spiro atoms. The molecule has 1 saturated carbocycles. The Bertz CT molecular complexity index is 463. The summed E-state index contributed by atoms with van der Waals surface area (Å²) >= 11 is 12.7. The monoisotopic (exact) mass is 314 g/mol. The molecule has 3 rings (SSSR count). The van der Waals surface area contributed by atoms with E-state index in [1.165, 1.54) is 12.8 Å². The van der Waals surface area contributed by atoms with Crippen molar-refractivity contribution >= 4 is 23.2 Å². The molecule has 0 radical (unpaired) electrons. The Morgan fingerprint density at radius 2 is 2.05 bits per heavy atom. The van der Waals surface area contributed by atoms with E-state index >= 15 is 0 Å². The molecule has 1 aliphatic carbocycles. The van der Waals surface area contributed by atoms with E-state index in [9.17, 15) is 0 Å². The summed E-state index contributed by atoms with van der Waals surface area (Å²) in [6, 6.07) is 6.17. The third-order valence-electron chi connectivity index (χ3n) is 4.48. The number of nitrogens with zero attached hydrogens (tertiary/aromatic N) is 1. The van der Waals surface area contributed by atoms with Gasteiger partial charge in [0.25, 0.3) is 0 Å². The van der Waals surface area contributed by atoms with Crippen LogP contribution in [0.1, 0.15) is 30.9 Å². The van der Waals surface area contributed by atoms with Gasteiger partial charge in [0.2, 0.25) is 0 Å². The second-order valence-corrected chi connectivity index (χ2v) is 6.35. The third-order valence-corrected chi connectivity index (χ3v) is 5.14. The van der Waals surface area contributed by atoms with E-state index in [0.29, 0.717) is 28.7 Å². The van der Waals surface area contributed by atoms with Gasteiger partial charge in [0, 0.05) is 34.7 Å². The van der Waals surface area contributed by atoms with Gasteiger partial charge in [-0.2, -0.15) is 0 Å². The Hall–Kier alpha value is -0.320. The molecule has 110 valence electrons. The Morgan fingerprint density at radius 3 is 2.75 bits per heavy atom. The average molecular weight is 315 g/mol. The van der Waals surface area contributed by atoms with Gasteiger partial charge in [-0.15, -0.1) is 0 Å². The lowest BCUT2D eigenvalue weighted by Gasteiger charge is -2.42. The first kappa shape index (κ1) is 14.6. The molecule has 1 saturated heterocycles. The lowest BCUT2D eigenvalue weighted by molar-refractivity contribution is -0.0711. The van der Waals surface area contributed by atoms with E-state index in [-0.39, 0.29) is 6.04 Å². The minimum absolute atomic E-state index is 0.0747. The summed E-state index contributed by atoms with van der Waals surface area (Å²) < 4.78 is 5.87. The van der Waals surface area contributed by atoms with Gasteiger partial charge >= 0.3 is 0 Å². The molecule has 2 fully saturated rings. The lowest BCUT2D eigenvalue weighted by Crippen LogP contribution is -2.51. The van der Waals surface area contributed by atoms with Crippen LogP contribution in [0.25, 0.3) is 0 Å². The first-order chi connectivity index (χ1) is 9.72. The topological polar surface area (TPSA) is 38.5 Å². The van der Waals surface area contributed by atoms with Crippen molar-refractivity contribution in [1.82, 2.24) is 4.90 Å². The summed E-state index contributed by atoms with van der Waals surface area (Å²) in [6.07, 6.45) is 3.89. The molecule has 3 unspecified atom stereocenters. The molecule has 3 atom stereocenters. The molecule has 1 aromatic rings. The predicted octanol–water partition coefficient (Wildman–Crippen LogP) is 3.25. The molecule has 0 bridgehead atoms. The van der Waals surface area contributed by atoms with Gasteiger partial charge in [0.15, 0.2) is 0 Å². The van der Waals surface area contributed by atoms with Crippen molar-refractivity contribution in [3.63, 3.8) is 0 Å². The van der Waals surface area contributed by atoms with E-state index in [2.05, 4.69) is 4.90 Å². The molecule has 3 nitrogen and oxygen atoms in total. The molecule has 1 heterocycles. The molecule has 2 aliphatic rings. The Labute approximate surface area is 130 Å². The van der Waals surface area contributed by atoms with Crippen LogP contribution in [0.3, 0.4) is 0 Å². The Balaban J connectivity index is 1.93. The maximum absolute atomic E-state index is 6.37. The van der Waals surface area contributed by atoms with E-state index in [1.807, 2.05) is 18.2 Å². The summed E-state index contributed by atoms with van der Waals surface area (Å²) in [5, 5.41) is 1.41. The number of morpholine rings is 1. The highest BCUT2D eigenvalue weighted by Crippen LogP contribution is 2.39. The van der Waals surface area contributed by atoms with Gasteiger partial charge < -0.3 is 10.5 Å². The molecule has 5 heteroatoms. The number of nitrogens with two attached hydrogens (primary N) is 1. The van der Waals surface area contributed by atoms with Crippen LogP contribution in [0.15, 0.2) is 18.2 Å². The molecule has 1 aliphatic heterocycles. The molecule has 0 aromatic heterocycles. The maximum atomic E-state index is 6.37. The summed E-state index contributed by atoms with van der Waals surface area (Å²) in [7, 11) is 0. The van der Waals surface area contributed by atoms with E-state index in [1.54, 1.807) is 0 Å². The van der Waals surface area contributed by atoms with Gasteiger partial charge in [0.1, 0.15) is 0 Å². The van der Waals surface area contributed by atoms with Crippen LogP contribution in [-0.4, -0.2) is 36.7 Å². The summed E-state index contributed by atoms with van der Waals surface area (Å²) in [5.41, 5.74) is 7.02. The van der Waals surface area contributed by atoms with Crippen molar-refractivity contribution in [2.45, 2.75) is 37.5 Å². The second-order valence-electron chi connectivity index (χ2n) is 5.53. The van der Waals surface area contributed by atoms with Gasteiger partial charge in [-0.25, -0.2) is 0 Å². The highest BCUT2D eigenvalue weighted by molar-refractivity contribution is 6.36. The number of rotatable bonds is 3. The minimum Gasteiger partial charge on any atom is -0.375 e. The smallest absolute Gasteiger partial charge is 0.0731 e. The van der Waals surface area contributed by atoms with Gasteiger partial charge in [-0.05, 0) is 31.4 Å². The van der Waals surface area contributed by atoms with E-state index in [4.69, 9.17) is 33.7 Å². The lowest BCUT2D eigenvalue weighted by atomic mass is 10.0. The zero-order valence-electron chi connectivity index (χ0n) is 11.4. The normalized spacial score (nSPS) is 28.4. The fourth-order valence-electron chi connectivity index (χ4n) is 3.59. The van der Waals surface area contributed by atoms with Gasteiger partial charge in [0.05, 0.1) is 18.8 Å². The molecular weight excluding hydrogens is 295 g/mol. The van der Waals surface area contributed by atoms with Crippen LogP contribution in [0.2, 0.25) is 10.0 Å². The van der Waals surface area contributed by atoms with Crippen molar-refractivity contribution in [3.8, 4) is 0 Å². The standard InChI is InChI=1S/C15H20Cl2N2O/c16-10-3-1-4-11(17)15(10)13(9-18)19-7-8-20-14-6-2-5-12(14)19/h1,3-4,12-14H,2,5-9,18H2. The molecule has 1 aromatic carbocycles. The zero-order chi connectivity index (χ0) is 14.1. The van der Waals surface area contributed by atoms with Crippen LogP contribution >= 0.6 is 23.2 Å². The van der Waals surface area contributed by atoms with Crippen LogP contribution < -0.4 is 5.73 Å². The number of benzene rings is 1. The first-order valence-electron chi connectivity index (χ1n) is 7.23. The molecule has 0 amide bonds. The average Bonchev–Trinajstić information content (AvgIpc) is 2.91. The minimum atomic E-state index is 0.0747. The number of fused-ring (bicyclic) bond motifs is 1. The van der Waals surface area contributed by atoms with E-state index < -0.39 is 0 Å². The highest BCUT2D eigenvalue weighted by Gasteiger charge is 2.40. The summed E-state index contributed by atoms with van der Waals surface area (Å²) in [5.74, 6) is 0. The van der Waals surface area contributed by atoms with Gasteiger partial charge in [-0.1, -0.05) is 29.3 Å². The van der Waals surface area contributed by atoms with Crippen LogP contribution in [0.5, 0.6) is 0 Å². The van der Waals surface area contributed by atoms with Crippen LogP contribution in [0.4, 0.5) is 0 Å².